The predicted octanol–water partition coefficient (Wildman–Crippen LogP) is 1.53. The molecule has 1 amide bonds. The molecule has 6 nitrogen and oxygen atoms in total. The minimum Gasteiger partial charge on any atom is -0.469 e. The number of methoxy groups -OCH3 is 1. The normalized spacial score (nSPS) is 26.2. The highest BCUT2D eigenvalue weighted by molar-refractivity contribution is 5.81. The molecule has 2 atom stereocenters. The van der Waals surface area contributed by atoms with Gasteiger partial charge in [-0.15, -0.1) is 0 Å². The van der Waals surface area contributed by atoms with Crippen molar-refractivity contribution >= 4 is 11.9 Å². The van der Waals surface area contributed by atoms with Crippen LogP contribution in [-0.2, 0) is 19.1 Å². The van der Waals surface area contributed by atoms with Gasteiger partial charge in [0, 0.05) is 38.1 Å². The summed E-state index contributed by atoms with van der Waals surface area (Å²) in [6.45, 7) is 10.9. The van der Waals surface area contributed by atoms with Gasteiger partial charge in [-0.25, -0.2) is 0 Å². The first-order valence-electron chi connectivity index (χ1n) is 8.99. The fraction of sp³-hybridized carbons (Fsp3) is 0.889. The molecule has 2 aliphatic rings. The third kappa shape index (κ3) is 5.45. The molecule has 0 spiro atoms. The summed E-state index contributed by atoms with van der Waals surface area (Å²) in [6.07, 6.45) is 2.46. The van der Waals surface area contributed by atoms with E-state index < -0.39 is 0 Å². The van der Waals surface area contributed by atoms with Gasteiger partial charge in [0.2, 0.25) is 5.91 Å². The van der Waals surface area contributed by atoms with Crippen molar-refractivity contribution in [3.8, 4) is 0 Å². The third-order valence-electron chi connectivity index (χ3n) is 4.81. The molecule has 2 aliphatic heterocycles. The Labute approximate surface area is 145 Å². The second-order valence-corrected chi connectivity index (χ2v) is 8.04. The molecule has 0 aromatic heterocycles. The van der Waals surface area contributed by atoms with Crippen LogP contribution in [0, 0.1) is 11.3 Å². The Hall–Kier alpha value is -1.14. The molecule has 0 bridgehead atoms. The van der Waals surface area contributed by atoms with E-state index in [0.717, 1.165) is 45.6 Å². The van der Waals surface area contributed by atoms with E-state index in [-0.39, 0.29) is 23.4 Å². The predicted molar refractivity (Wildman–Crippen MR) is 91.6 cm³/mol. The standard InChI is InChI=1S/C18H32N2O4/c1-18(2,3)17(22)20-7-5-6-14(12-20)11-19-8-9-24-15(13-19)10-16(21)23-4/h14-15H,5-13H2,1-4H3/t14-,15+/m0/s1. The lowest BCUT2D eigenvalue weighted by molar-refractivity contribution is -0.146. The van der Waals surface area contributed by atoms with Crippen LogP contribution in [0.5, 0.6) is 0 Å². The first kappa shape index (κ1) is 19.2. The van der Waals surface area contributed by atoms with Crippen molar-refractivity contribution in [2.45, 2.75) is 46.1 Å². The average Bonchev–Trinajstić information content (AvgIpc) is 2.53. The second-order valence-electron chi connectivity index (χ2n) is 8.04. The number of hydrogen-bond acceptors (Lipinski definition) is 5. The lowest BCUT2D eigenvalue weighted by Crippen LogP contribution is -2.50. The number of morpholine rings is 1. The molecule has 0 aromatic carbocycles. The van der Waals surface area contributed by atoms with Crippen LogP contribution in [-0.4, -0.2) is 74.2 Å². The quantitative estimate of drug-likeness (QED) is 0.727. The van der Waals surface area contributed by atoms with E-state index in [4.69, 9.17) is 9.47 Å². The van der Waals surface area contributed by atoms with Gasteiger partial charge in [-0.05, 0) is 18.8 Å². The van der Waals surface area contributed by atoms with Gasteiger partial charge < -0.3 is 14.4 Å². The van der Waals surface area contributed by atoms with Gasteiger partial charge in [-0.3, -0.25) is 14.5 Å². The lowest BCUT2D eigenvalue weighted by Gasteiger charge is -2.40. The van der Waals surface area contributed by atoms with Crippen LogP contribution in [0.4, 0.5) is 0 Å². The number of rotatable bonds is 4. The molecule has 0 aliphatic carbocycles. The number of ether oxygens (including phenoxy) is 2. The molecular formula is C18H32N2O4. The molecule has 6 heteroatoms. The maximum Gasteiger partial charge on any atom is 0.308 e. The van der Waals surface area contributed by atoms with E-state index in [1.165, 1.54) is 7.11 Å². The van der Waals surface area contributed by atoms with Crippen molar-refractivity contribution in [1.29, 1.82) is 0 Å². The van der Waals surface area contributed by atoms with Crippen LogP contribution in [0.2, 0.25) is 0 Å². The van der Waals surface area contributed by atoms with E-state index in [0.29, 0.717) is 18.9 Å². The summed E-state index contributed by atoms with van der Waals surface area (Å²) in [5, 5.41) is 0. The molecule has 2 saturated heterocycles. The third-order valence-corrected chi connectivity index (χ3v) is 4.81. The van der Waals surface area contributed by atoms with E-state index in [1.54, 1.807) is 0 Å². The number of nitrogens with zero attached hydrogens (tertiary/aromatic N) is 2. The number of carbonyl (C=O) groups excluding carboxylic acids is 2. The number of likely N-dealkylation sites (tertiary alicyclic amines) is 1. The molecule has 0 saturated carbocycles. The lowest BCUT2D eigenvalue weighted by atomic mass is 9.91. The summed E-state index contributed by atoms with van der Waals surface area (Å²) in [5.74, 6) is 0.529. The molecular weight excluding hydrogens is 308 g/mol. The fourth-order valence-corrected chi connectivity index (χ4v) is 3.58. The molecule has 0 aromatic rings. The van der Waals surface area contributed by atoms with Crippen molar-refractivity contribution in [2.24, 2.45) is 11.3 Å². The zero-order valence-corrected chi connectivity index (χ0v) is 15.5. The topological polar surface area (TPSA) is 59.1 Å². The first-order chi connectivity index (χ1) is 11.3. The number of amides is 1. The molecule has 138 valence electrons. The Morgan fingerprint density at radius 2 is 1.96 bits per heavy atom. The van der Waals surface area contributed by atoms with Crippen molar-refractivity contribution < 1.29 is 19.1 Å². The largest absolute Gasteiger partial charge is 0.469 e. The Balaban J connectivity index is 1.84. The minimum atomic E-state index is -0.313. The van der Waals surface area contributed by atoms with E-state index in [2.05, 4.69) is 4.90 Å². The molecule has 0 radical (unpaired) electrons. The second kappa shape index (κ2) is 8.30. The van der Waals surface area contributed by atoms with Crippen LogP contribution in [0.15, 0.2) is 0 Å². The number of carbonyl (C=O) groups is 2. The molecule has 2 fully saturated rings. The Kier molecular flexibility index (Phi) is 6.63. The average molecular weight is 340 g/mol. The van der Waals surface area contributed by atoms with Crippen LogP contribution in [0.25, 0.3) is 0 Å². The van der Waals surface area contributed by atoms with Gasteiger partial charge in [0.25, 0.3) is 0 Å². The maximum atomic E-state index is 12.5. The van der Waals surface area contributed by atoms with Gasteiger partial charge in [-0.1, -0.05) is 20.8 Å². The highest BCUT2D eigenvalue weighted by Crippen LogP contribution is 2.24. The molecule has 2 rings (SSSR count). The molecule has 0 N–H and O–H groups in total. The number of piperidine rings is 1. The highest BCUT2D eigenvalue weighted by Gasteiger charge is 2.32. The van der Waals surface area contributed by atoms with E-state index in [1.807, 2.05) is 25.7 Å². The van der Waals surface area contributed by atoms with Gasteiger partial charge in [0.05, 0.1) is 26.2 Å². The van der Waals surface area contributed by atoms with Crippen molar-refractivity contribution in [2.75, 3.05) is 46.4 Å². The van der Waals surface area contributed by atoms with Gasteiger partial charge in [0.1, 0.15) is 0 Å². The van der Waals surface area contributed by atoms with Crippen molar-refractivity contribution in [1.82, 2.24) is 9.80 Å². The van der Waals surface area contributed by atoms with Crippen LogP contribution in [0.1, 0.15) is 40.0 Å². The van der Waals surface area contributed by atoms with E-state index in [9.17, 15) is 9.59 Å². The van der Waals surface area contributed by atoms with E-state index >= 15 is 0 Å². The summed E-state index contributed by atoms with van der Waals surface area (Å²) in [4.78, 5) is 28.3. The smallest absolute Gasteiger partial charge is 0.308 e. The Morgan fingerprint density at radius 1 is 1.21 bits per heavy atom. The molecule has 0 unspecified atom stereocenters. The Morgan fingerprint density at radius 3 is 2.62 bits per heavy atom. The van der Waals surface area contributed by atoms with Gasteiger partial charge in [-0.2, -0.15) is 0 Å². The summed E-state index contributed by atoms with van der Waals surface area (Å²) in [5.41, 5.74) is -0.313. The highest BCUT2D eigenvalue weighted by atomic mass is 16.5. The molecule has 2 heterocycles. The number of esters is 1. The minimum absolute atomic E-state index is 0.0814. The van der Waals surface area contributed by atoms with Crippen LogP contribution >= 0.6 is 0 Å². The Bertz CT molecular complexity index is 447. The van der Waals surface area contributed by atoms with Gasteiger partial charge in [0.15, 0.2) is 0 Å². The SMILES string of the molecule is COC(=O)C[C@@H]1CN(C[C@@H]2CCCN(C(=O)C(C)(C)C)C2)CCO1. The first-order valence-corrected chi connectivity index (χ1v) is 8.99. The van der Waals surface area contributed by atoms with Crippen molar-refractivity contribution in [3.05, 3.63) is 0 Å². The summed E-state index contributed by atoms with van der Waals surface area (Å²) >= 11 is 0. The van der Waals surface area contributed by atoms with Gasteiger partial charge >= 0.3 is 5.97 Å². The van der Waals surface area contributed by atoms with Crippen LogP contribution in [0.3, 0.4) is 0 Å². The summed E-state index contributed by atoms with van der Waals surface area (Å²) < 4.78 is 10.4. The fourth-order valence-electron chi connectivity index (χ4n) is 3.58. The van der Waals surface area contributed by atoms with Crippen molar-refractivity contribution in [3.63, 3.8) is 0 Å². The summed E-state index contributed by atoms with van der Waals surface area (Å²) in [7, 11) is 1.41. The number of hydrogen-bond donors (Lipinski definition) is 0. The zero-order chi connectivity index (χ0) is 17.7. The molecule has 24 heavy (non-hydrogen) atoms. The zero-order valence-electron chi connectivity index (χ0n) is 15.5. The monoisotopic (exact) mass is 340 g/mol. The maximum absolute atomic E-state index is 12.5. The van der Waals surface area contributed by atoms with Crippen LogP contribution < -0.4 is 0 Å². The summed E-state index contributed by atoms with van der Waals surface area (Å²) in [6, 6.07) is 0.